The van der Waals surface area contributed by atoms with Crippen LogP contribution < -0.4 is 10.1 Å². The van der Waals surface area contributed by atoms with Gasteiger partial charge in [-0.05, 0) is 48.1 Å². The van der Waals surface area contributed by atoms with Crippen molar-refractivity contribution in [3.8, 4) is 5.75 Å². The van der Waals surface area contributed by atoms with Gasteiger partial charge in [-0.3, -0.25) is 4.79 Å². The highest BCUT2D eigenvalue weighted by Crippen LogP contribution is 2.27. The molecule has 0 spiro atoms. The summed E-state index contributed by atoms with van der Waals surface area (Å²) in [7, 11) is -3.40. The van der Waals surface area contributed by atoms with Gasteiger partial charge in [-0.15, -0.1) is 11.3 Å². The smallest absolute Gasteiger partial charge is 0.258 e. The van der Waals surface area contributed by atoms with Crippen LogP contribution in [0, 0.1) is 0 Å². The van der Waals surface area contributed by atoms with E-state index in [1.54, 1.807) is 12.1 Å². The fourth-order valence-corrected chi connectivity index (χ4v) is 6.05. The average Bonchev–Trinajstić information content (AvgIpc) is 3.36. The van der Waals surface area contributed by atoms with Gasteiger partial charge in [0.2, 0.25) is 0 Å². The topological polar surface area (TPSA) is 75.7 Å². The molecule has 0 radical (unpaired) electrons. The predicted octanol–water partition coefficient (Wildman–Crippen LogP) is 3.53. The molecule has 1 fully saturated rings. The zero-order valence-corrected chi connectivity index (χ0v) is 18.7. The maximum Gasteiger partial charge on any atom is 0.258 e. The summed E-state index contributed by atoms with van der Waals surface area (Å²) in [6.45, 7) is 7.79. The van der Waals surface area contributed by atoms with Crippen molar-refractivity contribution in [2.45, 2.75) is 49.8 Å². The summed E-state index contributed by atoms with van der Waals surface area (Å²) in [6, 6.07) is 11.1. The van der Waals surface area contributed by atoms with Gasteiger partial charge in [-0.2, -0.15) is 4.31 Å². The van der Waals surface area contributed by atoms with Crippen LogP contribution in [0.1, 0.15) is 44.1 Å². The average molecular weight is 437 g/mol. The summed E-state index contributed by atoms with van der Waals surface area (Å²) in [5, 5.41) is 2.78. The Kier molecular flexibility index (Phi) is 6.65. The molecule has 3 rings (SSSR count). The van der Waals surface area contributed by atoms with Gasteiger partial charge in [-0.1, -0.05) is 32.9 Å². The van der Waals surface area contributed by atoms with Gasteiger partial charge in [0.15, 0.2) is 6.61 Å². The van der Waals surface area contributed by atoms with Crippen LogP contribution in [-0.2, 0) is 26.8 Å². The molecule has 1 aromatic carbocycles. The van der Waals surface area contributed by atoms with E-state index in [1.165, 1.54) is 21.2 Å². The molecule has 1 aliphatic rings. The molecular weight excluding hydrogens is 408 g/mol. The van der Waals surface area contributed by atoms with Crippen molar-refractivity contribution < 1.29 is 17.9 Å². The predicted molar refractivity (Wildman–Crippen MR) is 115 cm³/mol. The van der Waals surface area contributed by atoms with Crippen molar-refractivity contribution in [2.24, 2.45) is 0 Å². The minimum atomic E-state index is -3.40. The van der Waals surface area contributed by atoms with Gasteiger partial charge >= 0.3 is 0 Å². The molecule has 158 valence electrons. The first kappa shape index (κ1) is 21.8. The van der Waals surface area contributed by atoms with Crippen LogP contribution >= 0.6 is 11.3 Å². The summed E-state index contributed by atoms with van der Waals surface area (Å²) in [5.74, 6) is 0.394. The third kappa shape index (κ3) is 5.58. The third-order valence-electron chi connectivity index (χ3n) is 4.85. The second-order valence-electron chi connectivity index (χ2n) is 8.17. The van der Waals surface area contributed by atoms with Crippen molar-refractivity contribution in [2.75, 3.05) is 19.7 Å². The molecule has 1 aliphatic heterocycles. The number of thiophene rings is 1. The number of hydrogen-bond donors (Lipinski definition) is 1. The lowest BCUT2D eigenvalue weighted by Gasteiger charge is -2.19. The summed E-state index contributed by atoms with van der Waals surface area (Å²) in [6.07, 6.45) is 1.82. The Bertz CT molecular complexity index is 938. The number of carbonyl (C=O) groups excluding carboxylic acids is 1. The van der Waals surface area contributed by atoms with E-state index in [1.807, 2.05) is 24.3 Å². The first-order valence-corrected chi connectivity index (χ1v) is 12.0. The third-order valence-corrected chi connectivity index (χ3v) is 8.30. The molecule has 0 atom stereocenters. The number of ether oxygens (including phenoxy) is 1. The molecule has 0 unspecified atom stereocenters. The van der Waals surface area contributed by atoms with E-state index in [-0.39, 0.29) is 24.5 Å². The second-order valence-corrected chi connectivity index (χ2v) is 11.5. The molecule has 1 amide bonds. The lowest BCUT2D eigenvalue weighted by atomic mass is 9.87. The molecule has 1 N–H and O–H groups in total. The first-order valence-electron chi connectivity index (χ1n) is 9.75. The highest BCUT2D eigenvalue weighted by atomic mass is 32.2. The number of hydrogen-bond acceptors (Lipinski definition) is 5. The lowest BCUT2D eigenvalue weighted by Crippen LogP contribution is -2.28. The quantitative estimate of drug-likeness (QED) is 0.721. The lowest BCUT2D eigenvalue weighted by molar-refractivity contribution is -0.123. The molecule has 8 heteroatoms. The highest BCUT2D eigenvalue weighted by molar-refractivity contribution is 7.91. The zero-order valence-electron chi connectivity index (χ0n) is 17.1. The summed E-state index contributed by atoms with van der Waals surface area (Å²) in [4.78, 5) is 12.9. The first-order chi connectivity index (χ1) is 13.7. The van der Waals surface area contributed by atoms with Crippen molar-refractivity contribution >= 4 is 27.3 Å². The van der Waals surface area contributed by atoms with Gasteiger partial charge in [0.25, 0.3) is 15.9 Å². The van der Waals surface area contributed by atoms with Crippen LogP contribution in [0.2, 0.25) is 0 Å². The van der Waals surface area contributed by atoms with Gasteiger partial charge in [0, 0.05) is 18.0 Å². The molecule has 0 saturated carbocycles. The zero-order chi connectivity index (χ0) is 21.1. The Morgan fingerprint density at radius 1 is 1.10 bits per heavy atom. The van der Waals surface area contributed by atoms with Crippen LogP contribution in [0.4, 0.5) is 0 Å². The highest BCUT2D eigenvalue weighted by Gasteiger charge is 2.28. The molecule has 1 saturated heterocycles. The molecular formula is C21H28N2O4S2. The summed E-state index contributed by atoms with van der Waals surface area (Å²) in [5.41, 5.74) is 1.27. The number of benzene rings is 1. The van der Waals surface area contributed by atoms with Crippen LogP contribution in [0.5, 0.6) is 5.75 Å². The van der Waals surface area contributed by atoms with Gasteiger partial charge < -0.3 is 10.1 Å². The van der Waals surface area contributed by atoms with E-state index in [2.05, 4.69) is 26.1 Å². The fraction of sp³-hybridized carbons (Fsp3) is 0.476. The molecule has 1 aromatic heterocycles. The standard InChI is InChI=1S/C21H28N2O4S2/c1-21(2,3)16-6-8-17(9-7-16)27-15-19(24)22-14-18-10-11-20(28-18)29(25,26)23-12-4-5-13-23/h6-11H,4-5,12-15H2,1-3H3,(H,22,24). The monoisotopic (exact) mass is 436 g/mol. The fourth-order valence-electron chi connectivity index (χ4n) is 3.08. The Morgan fingerprint density at radius 3 is 2.38 bits per heavy atom. The maximum absolute atomic E-state index is 12.6. The van der Waals surface area contributed by atoms with E-state index in [0.29, 0.717) is 23.0 Å². The SMILES string of the molecule is CC(C)(C)c1ccc(OCC(=O)NCc2ccc(S(=O)(=O)N3CCCC3)s2)cc1. The van der Waals surface area contributed by atoms with Crippen LogP contribution in [0.3, 0.4) is 0 Å². The number of sulfonamides is 1. The molecule has 2 heterocycles. The number of nitrogens with one attached hydrogen (secondary N) is 1. The van der Waals surface area contributed by atoms with Crippen LogP contribution in [0.15, 0.2) is 40.6 Å². The normalized spacial score (nSPS) is 15.4. The largest absolute Gasteiger partial charge is 0.484 e. The van der Waals surface area contributed by atoms with E-state index in [4.69, 9.17) is 4.74 Å². The Balaban J connectivity index is 1.48. The van der Waals surface area contributed by atoms with Gasteiger partial charge in [0.05, 0.1) is 6.54 Å². The van der Waals surface area contributed by atoms with Crippen LogP contribution in [-0.4, -0.2) is 38.3 Å². The van der Waals surface area contributed by atoms with Crippen molar-refractivity contribution in [1.82, 2.24) is 9.62 Å². The number of amides is 1. The minimum absolute atomic E-state index is 0.0672. The molecule has 0 aliphatic carbocycles. The Labute approximate surface area is 176 Å². The minimum Gasteiger partial charge on any atom is -0.484 e. The van der Waals surface area contributed by atoms with Crippen molar-refractivity contribution in [3.05, 3.63) is 46.8 Å². The maximum atomic E-state index is 12.6. The molecule has 0 bridgehead atoms. The number of carbonyl (C=O) groups is 1. The van der Waals surface area contributed by atoms with Gasteiger partial charge in [0.1, 0.15) is 9.96 Å². The van der Waals surface area contributed by atoms with E-state index >= 15 is 0 Å². The van der Waals surface area contributed by atoms with E-state index < -0.39 is 10.0 Å². The second kappa shape index (κ2) is 8.85. The van der Waals surface area contributed by atoms with Gasteiger partial charge in [-0.25, -0.2) is 8.42 Å². The van der Waals surface area contributed by atoms with Crippen LogP contribution in [0.25, 0.3) is 0 Å². The Morgan fingerprint density at radius 2 is 1.76 bits per heavy atom. The molecule has 6 nitrogen and oxygen atoms in total. The van der Waals surface area contributed by atoms with Crippen molar-refractivity contribution in [1.29, 1.82) is 0 Å². The van der Waals surface area contributed by atoms with Crippen molar-refractivity contribution in [3.63, 3.8) is 0 Å². The van der Waals surface area contributed by atoms with E-state index in [0.717, 1.165) is 17.7 Å². The number of rotatable bonds is 7. The Hall–Kier alpha value is -1.90. The number of nitrogens with zero attached hydrogens (tertiary/aromatic N) is 1. The molecule has 2 aromatic rings. The summed E-state index contributed by atoms with van der Waals surface area (Å²) < 4.78 is 32.5. The summed E-state index contributed by atoms with van der Waals surface area (Å²) >= 11 is 1.20. The molecule has 29 heavy (non-hydrogen) atoms. The van der Waals surface area contributed by atoms with E-state index in [9.17, 15) is 13.2 Å².